The average molecular weight is 463 g/mol. The summed E-state index contributed by atoms with van der Waals surface area (Å²) in [5, 5.41) is 9.88. The van der Waals surface area contributed by atoms with Crippen LogP contribution in [-0.2, 0) is 12.6 Å². The molecule has 12 heteroatoms. The Kier molecular flexibility index (Phi) is 6.65. The van der Waals surface area contributed by atoms with E-state index in [1.165, 1.54) is 24.7 Å². The molecular weight excluding hydrogens is 443 g/mol. The molecule has 3 aromatic rings. The molecule has 6 nitrogen and oxygen atoms in total. The van der Waals surface area contributed by atoms with Gasteiger partial charge < -0.3 is 5.32 Å². The lowest BCUT2D eigenvalue weighted by Crippen LogP contribution is -2.54. The van der Waals surface area contributed by atoms with Gasteiger partial charge in [0.2, 0.25) is 0 Å². The molecule has 1 aliphatic rings. The van der Waals surface area contributed by atoms with Crippen LogP contribution in [0.2, 0.25) is 0 Å². The van der Waals surface area contributed by atoms with E-state index in [9.17, 15) is 22.0 Å². The smallest absolute Gasteiger partial charge is 0.360 e. The Balaban J connectivity index is 0.00000272. The number of fused-ring (bicyclic) bond motifs is 1. The van der Waals surface area contributed by atoms with E-state index in [1.54, 1.807) is 4.90 Å². The third-order valence-electron chi connectivity index (χ3n) is 5.24. The molecule has 2 N–H and O–H groups in total. The van der Waals surface area contributed by atoms with Crippen molar-refractivity contribution in [3.63, 3.8) is 0 Å². The highest BCUT2D eigenvalue weighted by Crippen LogP contribution is 2.32. The normalized spacial score (nSPS) is 19.2. The highest BCUT2D eigenvalue weighted by molar-refractivity contribution is 5.86. The maximum absolute atomic E-state index is 14.7. The molecule has 0 spiro atoms. The van der Waals surface area contributed by atoms with Crippen LogP contribution in [0.25, 0.3) is 11.0 Å². The topological polar surface area (TPSA) is 69.7 Å². The van der Waals surface area contributed by atoms with Gasteiger partial charge in [0.05, 0.1) is 29.7 Å². The summed E-state index contributed by atoms with van der Waals surface area (Å²) >= 11 is 0. The van der Waals surface area contributed by atoms with Crippen LogP contribution in [0, 0.1) is 0 Å². The van der Waals surface area contributed by atoms with Crippen molar-refractivity contribution < 1.29 is 22.0 Å². The van der Waals surface area contributed by atoms with Gasteiger partial charge in [0, 0.05) is 13.1 Å². The first-order valence-electron chi connectivity index (χ1n) is 9.39. The summed E-state index contributed by atoms with van der Waals surface area (Å²) in [7, 11) is 0. The third kappa shape index (κ3) is 5.21. The molecule has 1 saturated heterocycles. The Morgan fingerprint density at radius 3 is 2.58 bits per heavy atom. The van der Waals surface area contributed by atoms with Crippen LogP contribution in [0.1, 0.15) is 17.5 Å². The van der Waals surface area contributed by atoms with Crippen molar-refractivity contribution in [2.24, 2.45) is 0 Å². The number of likely N-dealkylation sites (tertiary alicyclic amines) is 1. The Bertz CT molecular complexity index is 1010. The van der Waals surface area contributed by atoms with E-state index >= 15 is 0 Å². The van der Waals surface area contributed by atoms with Gasteiger partial charge in [-0.2, -0.15) is 18.3 Å². The number of rotatable bonds is 5. The minimum atomic E-state index is -4.39. The summed E-state index contributed by atoms with van der Waals surface area (Å²) in [4.78, 5) is 9.67. The Hall–Kier alpha value is -2.53. The fourth-order valence-electron chi connectivity index (χ4n) is 3.57. The van der Waals surface area contributed by atoms with Gasteiger partial charge in [-0.1, -0.05) is 12.1 Å². The van der Waals surface area contributed by atoms with Crippen molar-refractivity contribution in [3.05, 3.63) is 47.9 Å². The lowest BCUT2D eigenvalue weighted by Gasteiger charge is -2.38. The van der Waals surface area contributed by atoms with Crippen molar-refractivity contribution >= 4 is 29.3 Å². The third-order valence-corrected chi connectivity index (χ3v) is 5.24. The number of benzene rings is 1. The quantitative estimate of drug-likeness (QED) is 0.557. The first kappa shape index (κ1) is 23.1. The highest BCUT2D eigenvalue weighted by Gasteiger charge is 2.44. The maximum Gasteiger partial charge on any atom is 0.416 e. The number of nitrogens with one attached hydrogen (secondary N) is 2. The van der Waals surface area contributed by atoms with Crippen molar-refractivity contribution in [2.45, 2.75) is 31.0 Å². The second-order valence-corrected chi connectivity index (χ2v) is 7.32. The number of hydrogen-bond donors (Lipinski definition) is 2. The van der Waals surface area contributed by atoms with Crippen LogP contribution < -0.4 is 5.32 Å². The van der Waals surface area contributed by atoms with E-state index in [2.05, 4.69) is 25.5 Å². The summed E-state index contributed by atoms with van der Waals surface area (Å²) in [6, 6.07) is 3.71. The molecule has 0 unspecified atom stereocenters. The number of alkyl halides is 5. The number of aromatic amines is 1. The van der Waals surface area contributed by atoms with Gasteiger partial charge >= 0.3 is 6.18 Å². The van der Waals surface area contributed by atoms with Crippen LogP contribution in [-0.4, -0.2) is 56.7 Å². The molecule has 0 bridgehead atoms. The minimum absolute atomic E-state index is 0. The van der Waals surface area contributed by atoms with Crippen LogP contribution in [0.5, 0.6) is 0 Å². The van der Waals surface area contributed by atoms with Crippen LogP contribution in [0.4, 0.5) is 27.8 Å². The zero-order chi connectivity index (χ0) is 21.4. The lowest BCUT2D eigenvalue weighted by molar-refractivity contribution is -0.137. The van der Waals surface area contributed by atoms with E-state index in [0.717, 1.165) is 12.1 Å². The molecule has 1 aliphatic heterocycles. The monoisotopic (exact) mass is 462 g/mol. The summed E-state index contributed by atoms with van der Waals surface area (Å²) in [5.74, 6) is -2.70. The molecule has 168 valence electrons. The van der Waals surface area contributed by atoms with E-state index in [4.69, 9.17) is 0 Å². The van der Waals surface area contributed by atoms with Gasteiger partial charge in [-0.15, -0.1) is 12.4 Å². The fraction of sp³-hybridized carbons (Fsp3) is 0.421. The molecule has 1 fully saturated rings. The predicted molar refractivity (Wildman–Crippen MR) is 107 cm³/mol. The zero-order valence-electron chi connectivity index (χ0n) is 16.2. The second-order valence-electron chi connectivity index (χ2n) is 7.32. The van der Waals surface area contributed by atoms with Gasteiger partial charge in [-0.05, 0) is 30.5 Å². The molecule has 2 aromatic heterocycles. The minimum Gasteiger partial charge on any atom is -0.360 e. The summed E-state index contributed by atoms with van der Waals surface area (Å²) in [6.45, 7) is 0.339. The molecular formula is C19H20ClF5N6. The van der Waals surface area contributed by atoms with Crippen molar-refractivity contribution in [3.8, 4) is 0 Å². The summed E-state index contributed by atoms with van der Waals surface area (Å²) in [6.07, 6.45) is -1.03. The molecule has 1 atom stereocenters. The molecule has 0 saturated carbocycles. The Morgan fingerprint density at radius 1 is 1.16 bits per heavy atom. The maximum atomic E-state index is 14.7. The van der Waals surface area contributed by atoms with Crippen molar-refractivity contribution in [1.29, 1.82) is 0 Å². The van der Waals surface area contributed by atoms with Gasteiger partial charge in [-0.25, -0.2) is 18.7 Å². The van der Waals surface area contributed by atoms with E-state index in [-0.39, 0.29) is 18.8 Å². The van der Waals surface area contributed by atoms with Crippen LogP contribution in [0.15, 0.2) is 36.8 Å². The number of halogens is 6. The fourth-order valence-corrected chi connectivity index (χ4v) is 3.57. The Morgan fingerprint density at radius 2 is 1.90 bits per heavy atom. The SMILES string of the molecule is Cl.FC(F)(F)c1ccc(CCN2CC[C@@H](Nc3ncnc4[nH]ncc34)C(F)(F)C2)cc1. The van der Waals surface area contributed by atoms with Gasteiger partial charge in [-0.3, -0.25) is 10.00 Å². The number of hydrogen-bond acceptors (Lipinski definition) is 5. The van der Waals surface area contributed by atoms with Crippen molar-refractivity contribution in [1.82, 2.24) is 25.1 Å². The first-order chi connectivity index (χ1) is 14.2. The Labute approximate surface area is 180 Å². The van der Waals surface area contributed by atoms with Gasteiger partial charge in [0.1, 0.15) is 12.1 Å². The number of aromatic nitrogens is 4. The first-order valence-corrected chi connectivity index (χ1v) is 9.39. The predicted octanol–water partition coefficient (Wildman–Crippen LogP) is 4.16. The average Bonchev–Trinajstić information content (AvgIpc) is 3.17. The largest absolute Gasteiger partial charge is 0.416 e. The highest BCUT2D eigenvalue weighted by atomic mass is 35.5. The van der Waals surface area contributed by atoms with Gasteiger partial charge in [0.25, 0.3) is 5.92 Å². The van der Waals surface area contributed by atoms with E-state index in [0.29, 0.717) is 41.9 Å². The molecule has 0 amide bonds. The number of nitrogens with zero attached hydrogens (tertiary/aromatic N) is 4. The molecule has 0 aliphatic carbocycles. The van der Waals surface area contributed by atoms with Crippen molar-refractivity contribution in [2.75, 3.05) is 25.0 Å². The standard InChI is InChI=1S/C19H19F5N6.ClH/c20-18(21)10-30(7-5-12-1-3-13(4-2-12)19(22,23)24)8-6-15(18)28-16-14-9-27-29-17(14)26-11-25-16;/h1-4,9,11,15H,5-8,10H2,(H2,25,26,27,28,29);1H/t15-;/m1./s1. The number of anilines is 1. The lowest BCUT2D eigenvalue weighted by atomic mass is 9.99. The zero-order valence-corrected chi connectivity index (χ0v) is 17.0. The molecule has 3 heterocycles. The van der Waals surface area contributed by atoms with E-state index < -0.39 is 30.2 Å². The summed E-state index contributed by atoms with van der Waals surface area (Å²) < 4.78 is 67.4. The molecule has 31 heavy (non-hydrogen) atoms. The number of H-pyrrole nitrogens is 1. The second kappa shape index (κ2) is 8.91. The van der Waals surface area contributed by atoms with Gasteiger partial charge in [0.15, 0.2) is 5.65 Å². The molecule has 1 aromatic carbocycles. The number of piperidine rings is 1. The molecule has 0 radical (unpaired) electrons. The van der Waals surface area contributed by atoms with Crippen LogP contribution in [0.3, 0.4) is 0 Å². The summed E-state index contributed by atoms with van der Waals surface area (Å²) in [5.41, 5.74) is 0.417. The van der Waals surface area contributed by atoms with E-state index in [1.807, 2.05) is 0 Å². The molecule has 4 rings (SSSR count). The van der Waals surface area contributed by atoms with Crippen LogP contribution >= 0.6 is 12.4 Å².